The van der Waals surface area contributed by atoms with Gasteiger partial charge in [-0.15, -0.1) is 12.4 Å². The van der Waals surface area contributed by atoms with Crippen molar-refractivity contribution in [1.82, 2.24) is 9.97 Å². The average molecular weight is 606 g/mol. The molecule has 5 rings (SSSR count). The van der Waals surface area contributed by atoms with Crippen LogP contribution < -0.4 is 10.0 Å². The summed E-state index contributed by atoms with van der Waals surface area (Å²) in [4.78, 5) is 32.4. The van der Waals surface area contributed by atoms with Gasteiger partial charge in [0.25, 0.3) is 10.0 Å². The number of fused-ring (bicyclic) bond motifs is 2. The highest BCUT2D eigenvalue weighted by atomic mass is 35.5. The molecule has 0 fully saturated rings. The molecule has 5 aromatic rings. The van der Waals surface area contributed by atoms with Crippen molar-refractivity contribution in [3.05, 3.63) is 102 Å². The molecular formula is C30H28ClN5O5S. The Morgan fingerprint density at radius 1 is 1.05 bits per heavy atom. The Hall–Kier alpha value is -4.74. The number of aromatic amines is 1. The number of amidine groups is 1. The Morgan fingerprint density at radius 3 is 2.48 bits per heavy atom. The number of nitrogens with one attached hydrogen (secondary N) is 2. The Labute approximate surface area is 248 Å². The van der Waals surface area contributed by atoms with Crippen LogP contribution in [0.3, 0.4) is 0 Å². The molecule has 0 saturated carbocycles. The van der Waals surface area contributed by atoms with Crippen LogP contribution in [0.5, 0.6) is 0 Å². The van der Waals surface area contributed by atoms with Crippen LogP contribution in [0.15, 0.2) is 84.0 Å². The number of nitrogens with zero attached hydrogens (tertiary/aromatic N) is 2. The Morgan fingerprint density at radius 2 is 1.79 bits per heavy atom. The molecule has 0 amide bonds. The summed E-state index contributed by atoms with van der Waals surface area (Å²) in [7, 11) is -4.32. The molecule has 0 aliphatic carbocycles. The first-order valence-corrected chi connectivity index (χ1v) is 14.2. The number of nitrogen functional groups attached to an aromatic ring is 1. The van der Waals surface area contributed by atoms with Crippen molar-refractivity contribution in [2.45, 2.75) is 24.7 Å². The highest BCUT2D eigenvalue weighted by Crippen LogP contribution is 2.33. The number of carbonyl (C=O) groups is 2. The maximum atomic E-state index is 13.9. The highest BCUT2D eigenvalue weighted by Gasteiger charge is 2.29. The molecule has 12 heteroatoms. The number of sulfonamides is 1. The van der Waals surface area contributed by atoms with Crippen molar-refractivity contribution in [3.63, 3.8) is 0 Å². The fourth-order valence-corrected chi connectivity index (χ4v) is 6.56. The van der Waals surface area contributed by atoms with Gasteiger partial charge in [0.05, 0.1) is 10.6 Å². The number of pyridine rings is 1. The van der Waals surface area contributed by atoms with Crippen LogP contribution in [-0.2, 0) is 21.2 Å². The third-order valence-electron chi connectivity index (χ3n) is 6.93. The lowest BCUT2D eigenvalue weighted by molar-refractivity contribution is -0.135. The number of carboxylic acids is 1. The van der Waals surface area contributed by atoms with E-state index in [1.807, 2.05) is 12.1 Å². The summed E-state index contributed by atoms with van der Waals surface area (Å²) in [5.74, 6) is -1.50. The predicted octanol–water partition coefficient (Wildman–Crippen LogP) is 4.83. The summed E-state index contributed by atoms with van der Waals surface area (Å²) in [6.07, 6.45) is 3.67. The van der Waals surface area contributed by atoms with E-state index in [0.717, 1.165) is 9.87 Å². The summed E-state index contributed by atoms with van der Waals surface area (Å²) < 4.78 is 28.7. The number of anilines is 1. The van der Waals surface area contributed by atoms with Gasteiger partial charge in [-0.05, 0) is 49.2 Å². The van der Waals surface area contributed by atoms with Crippen molar-refractivity contribution in [2.24, 2.45) is 5.73 Å². The number of carboxylic acid groups (broad SMARTS) is 1. The number of benzene rings is 3. The third-order valence-corrected chi connectivity index (χ3v) is 8.76. The minimum absolute atomic E-state index is 0. The van der Waals surface area contributed by atoms with Gasteiger partial charge in [-0.3, -0.25) is 24.3 Å². The zero-order valence-corrected chi connectivity index (χ0v) is 24.1. The number of nitrogens with two attached hydrogens (primary N) is 1. The van der Waals surface area contributed by atoms with Gasteiger partial charge in [-0.25, -0.2) is 8.42 Å². The molecule has 0 aliphatic rings. The Balaban J connectivity index is 0.00000405. The fraction of sp³-hybridized carbons (Fsp3) is 0.133. The van der Waals surface area contributed by atoms with Crippen molar-refractivity contribution in [1.29, 1.82) is 5.41 Å². The van der Waals surface area contributed by atoms with Crippen LogP contribution in [0.25, 0.3) is 21.7 Å². The van der Waals surface area contributed by atoms with Gasteiger partial charge >= 0.3 is 5.97 Å². The number of H-pyrrole nitrogens is 1. The highest BCUT2D eigenvalue weighted by molar-refractivity contribution is 7.93. The predicted molar refractivity (Wildman–Crippen MR) is 164 cm³/mol. The van der Waals surface area contributed by atoms with Crippen LogP contribution in [0.4, 0.5) is 5.69 Å². The van der Waals surface area contributed by atoms with Gasteiger partial charge in [-0.1, -0.05) is 36.4 Å². The van der Waals surface area contributed by atoms with E-state index in [-0.39, 0.29) is 41.0 Å². The van der Waals surface area contributed by atoms with E-state index in [0.29, 0.717) is 44.9 Å². The molecule has 3 aromatic carbocycles. The lowest BCUT2D eigenvalue weighted by Crippen LogP contribution is -2.35. The molecule has 2 aromatic heterocycles. The van der Waals surface area contributed by atoms with Gasteiger partial charge in [0.15, 0.2) is 5.78 Å². The van der Waals surface area contributed by atoms with Crippen LogP contribution in [0.1, 0.15) is 33.6 Å². The van der Waals surface area contributed by atoms with Crippen molar-refractivity contribution in [3.8, 4) is 0 Å². The minimum atomic E-state index is -4.32. The first-order valence-electron chi connectivity index (χ1n) is 12.7. The average Bonchev–Trinajstić information content (AvgIpc) is 3.29. The lowest BCUT2D eigenvalue weighted by Gasteiger charge is -2.23. The SMILES string of the molecule is Cc1[nH]c2ccc(N(CC(=O)O)S(=O)(=O)c3cccc4cnccc34)cc2c1C(=O)CCc1ccc(C(=N)N)cc1.Cl. The van der Waals surface area contributed by atoms with Gasteiger partial charge in [-0.2, -0.15) is 0 Å². The summed E-state index contributed by atoms with van der Waals surface area (Å²) in [6, 6.07) is 18.1. The molecule has 0 aliphatic heterocycles. The van der Waals surface area contributed by atoms with Crippen molar-refractivity contribution < 1.29 is 23.1 Å². The quantitative estimate of drug-likeness (QED) is 0.100. The Kier molecular flexibility index (Phi) is 8.64. The van der Waals surface area contributed by atoms with Gasteiger partial charge in [0.1, 0.15) is 12.4 Å². The summed E-state index contributed by atoms with van der Waals surface area (Å²) in [5.41, 5.74) is 8.82. The lowest BCUT2D eigenvalue weighted by atomic mass is 9.99. The molecule has 0 saturated heterocycles. The molecule has 5 N–H and O–H groups in total. The van der Waals surface area contributed by atoms with Gasteiger partial charge in [0.2, 0.25) is 0 Å². The number of carbonyl (C=O) groups excluding carboxylic acids is 1. The first kappa shape index (κ1) is 30.2. The number of aliphatic carboxylic acids is 1. The fourth-order valence-electron chi connectivity index (χ4n) is 4.94. The second-order valence-corrected chi connectivity index (χ2v) is 11.5. The number of hydrogen-bond acceptors (Lipinski definition) is 6. The van der Waals surface area contributed by atoms with E-state index in [4.69, 9.17) is 11.1 Å². The molecule has 0 spiro atoms. The molecule has 0 bridgehead atoms. The first-order chi connectivity index (χ1) is 19.6. The number of halogens is 1. The van der Waals surface area contributed by atoms with Crippen molar-refractivity contribution in [2.75, 3.05) is 10.8 Å². The summed E-state index contributed by atoms with van der Waals surface area (Å²) >= 11 is 0. The number of ketones is 1. The van der Waals surface area contributed by atoms with E-state index in [2.05, 4.69) is 9.97 Å². The van der Waals surface area contributed by atoms with E-state index >= 15 is 0 Å². The second-order valence-electron chi connectivity index (χ2n) is 9.65. The number of hydrogen-bond donors (Lipinski definition) is 4. The Bertz CT molecular complexity index is 1930. The zero-order chi connectivity index (χ0) is 29.3. The van der Waals surface area contributed by atoms with Gasteiger partial charge < -0.3 is 15.8 Å². The molecule has 0 atom stereocenters. The van der Waals surface area contributed by atoms with Gasteiger partial charge in [0, 0.05) is 57.3 Å². The monoisotopic (exact) mass is 605 g/mol. The largest absolute Gasteiger partial charge is 0.480 e. The maximum absolute atomic E-state index is 13.9. The molecular weight excluding hydrogens is 578 g/mol. The molecule has 2 heterocycles. The third kappa shape index (κ3) is 5.83. The smallest absolute Gasteiger partial charge is 0.324 e. The van der Waals surface area contributed by atoms with E-state index in [9.17, 15) is 23.1 Å². The normalized spacial score (nSPS) is 11.3. The number of Topliss-reactive ketones (excluding diaryl/α,β-unsaturated/α-hetero) is 1. The summed E-state index contributed by atoms with van der Waals surface area (Å²) in [6.45, 7) is 0.961. The van der Waals surface area contributed by atoms with E-state index in [1.54, 1.807) is 55.6 Å². The van der Waals surface area contributed by atoms with Crippen LogP contribution in [0.2, 0.25) is 0 Å². The van der Waals surface area contributed by atoms with Crippen molar-refractivity contribution >= 4 is 67.4 Å². The maximum Gasteiger partial charge on any atom is 0.324 e. The second kappa shape index (κ2) is 12.0. The number of rotatable bonds is 10. The molecule has 0 radical (unpaired) electrons. The molecule has 10 nitrogen and oxygen atoms in total. The molecule has 0 unspecified atom stereocenters. The number of aryl methyl sites for hydroxylation is 2. The minimum Gasteiger partial charge on any atom is -0.480 e. The van der Waals surface area contributed by atoms with E-state index in [1.165, 1.54) is 18.3 Å². The topological polar surface area (TPSA) is 170 Å². The number of aromatic nitrogens is 2. The standard InChI is InChI=1S/C30H27N5O5S.ClH/c1-18-29(26(36)12-7-19-5-8-20(9-6-19)30(31)32)24-15-22(10-11-25(24)34-18)35(17-28(37)38)41(39,40)27-4-2-3-21-16-33-14-13-23(21)27;/h2-6,8-11,13-16,34H,7,12,17H2,1H3,(H3,31,32)(H,37,38);1H. The van der Waals surface area contributed by atoms with E-state index < -0.39 is 22.5 Å². The van der Waals surface area contributed by atoms with Crippen LogP contribution in [-0.4, -0.2) is 47.6 Å². The molecule has 216 valence electrons. The zero-order valence-electron chi connectivity index (χ0n) is 22.5. The van der Waals surface area contributed by atoms with Crippen LogP contribution >= 0.6 is 12.4 Å². The molecule has 42 heavy (non-hydrogen) atoms. The summed E-state index contributed by atoms with van der Waals surface area (Å²) in [5, 5.41) is 18.7. The van der Waals surface area contributed by atoms with Crippen LogP contribution in [0, 0.1) is 12.3 Å².